The fraction of sp³-hybridized carbons (Fsp3) is 0.600. The zero-order chi connectivity index (χ0) is 16.9. The number of amides is 1. The molecule has 2 aromatic heterocycles. The van der Waals surface area contributed by atoms with Gasteiger partial charge in [0.1, 0.15) is 5.01 Å². The summed E-state index contributed by atoms with van der Waals surface area (Å²) in [5.74, 6) is 0.973. The number of fused-ring (bicyclic) bond motifs is 1. The third-order valence-electron chi connectivity index (χ3n) is 3.81. The van der Waals surface area contributed by atoms with E-state index in [4.69, 9.17) is 4.74 Å². The van der Waals surface area contributed by atoms with Crippen molar-refractivity contribution in [2.24, 2.45) is 0 Å². The zero-order valence-corrected chi connectivity index (χ0v) is 15.1. The van der Waals surface area contributed by atoms with Gasteiger partial charge in [-0.15, -0.1) is 11.8 Å². The fourth-order valence-corrected chi connectivity index (χ4v) is 4.36. The minimum absolute atomic E-state index is 0.0601. The highest BCUT2D eigenvalue weighted by Gasteiger charge is 2.17. The van der Waals surface area contributed by atoms with Crippen molar-refractivity contribution in [1.29, 1.82) is 0 Å². The lowest BCUT2D eigenvalue weighted by Gasteiger charge is -2.11. The molecule has 1 fully saturated rings. The molecule has 1 aliphatic rings. The number of aromatic nitrogens is 3. The molecule has 9 heteroatoms. The summed E-state index contributed by atoms with van der Waals surface area (Å²) in [5.41, 5.74) is 0.468. The van der Waals surface area contributed by atoms with E-state index in [2.05, 4.69) is 15.4 Å². The van der Waals surface area contributed by atoms with Crippen molar-refractivity contribution < 1.29 is 9.53 Å². The molecule has 0 aliphatic heterocycles. The third kappa shape index (κ3) is 4.34. The van der Waals surface area contributed by atoms with E-state index >= 15 is 0 Å². The molecule has 0 saturated heterocycles. The molecule has 24 heavy (non-hydrogen) atoms. The molecule has 0 bridgehead atoms. The number of carbonyl (C=O) groups excluding carboxylic acids is 1. The van der Waals surface area contributed by atoms with Crippen LogP contribution in [-0.2, 0) is 21.9 Å². The quantitative estimate of drug-likeness (QED) is 0.799. The highest BCUT2D eigenvalue weighted by Crippen LogP contribution is 2.18. The second-order valence-electron chi connectivity index (χ2n) is 5.75. The molecule has 0 radical (unpaired) electrons. The summed E-state index contributed by atoms with van der Waals surface area (Å²) in [6.45, 7) is 0.360. The number of nitrogens with zero attached hydrogens (tertiary/aromatic N) is 3. The van der Waals surface area contributed by atoms with E-state index in [-0.39, 0.29) is 11.5 Å². The number of methoxy groups -OCH3 is 1. The van der Waals surface area contributed by atoms with Crippen LogP contribution in [0.3, 0.4) is 0 Å². The van der Waals surface area contributed by atoms with Gasteiger partial charge in [0.2, 0.25) is 10.9 Å². The minimum Gasteiger partial charge on any atom is -0.377 e. The second kappa shape index (κ2) is 8.09. The van der Waals surface area contributed by atoms with E-state index in [0.29, 0.717) is 39.8 Å². The maximum atomic E-state index is 12.1. The van der Waals surface area contributed by atoms with Crippen LogP contribution in [0.4, 0.5) is 0 Å². The van der Waals surface area contributed by atoms with Crippen molar-refractivity contribution in [3.8, 4) is 0 Å². The standard InChI is InChI=1S/C15H20N4O3S2/c1-22-7-13-18-19-14(21)6-11(17-15(19)24-13)8-23-9-12(20)16-10-4-2-3-5-10/h6,10H,2-5,7-9H2,1H3,(H,16,20). The monoisotopic (exact) mass is 368 g/mol. The average molecular weight is 368 g/mol. The van der Waals surface area contributed by atoms with E-state index in [9.17, 15) is 9.59 Å². The number of thioether (sulfide) groups is 1. The number of hydrogen-bond acceptors (Lipinski definition) is 7. The SMILES string of the molecule is COCc1nn2c(=O)cc(CSCC(=O)NC3CCCC3)nc2s1. The van der Waals surface area contributed by atoms with E-state index in [1.165, 1.54) is 46.5 Å². The van der Waals surface area contributed by atoms with Gasteiger partial charge in [-0.1, -0.05) is 24.2 Å². The predicted octanol–water partition coefficient (Wildman–Crippen LogP) is 1.59. The molecule has 1 saturated carbocycles. The molecule has 1 aliphatic carbocycles. The number of nitrogens with one attached hydrogen (secondary N) is 1. The molecule has 7 nitrogen and oxygen atoms in total. The molecule has 0 aromatic carbocycles. The first kappa shape index (κ1) is 17.4. The third-order valence-corrected chi connectivity index (χ3v) is 5.66. The van der Waals surface area contributed by atoms with Crippen LogP contribution in [0.2, 0.25) is 0 Å². The van der Waals surface area contributed by atoms with E-state index in [1.807, 2.05) is 0 Å². The van der Waals surface area contributed by atoms with Crippen LogP contribution in [0.15, 0.2) is 10.9 Å². The molecule has 2 aromatic rings. The minimum atomic E-state index is -0.204. The first-order valence-corrected chi connectivity index (χ1v) is 9.87. The molecule has 1 amide bonds. The van der Waals surface area contributed by atoms with Crippen LogP contribution in [0.5, 0.6) is 0 Å². The highest BCUT2D eigenvalue weighted by molar-refractivity contribution is 7.99. The van der Waals surface area contributed by atoms with E-state index in [0.717, 1.165) is 12.8 Å². The maximum absolute atomic E-state index is 12.1. The molecular formula is C15H20N4O3S2. The summed E-state index contributed by atoms with van der Waals surface area (Å²) >= 11 is 2.81. The van der Waals surface area contributed by atoms with Gasteiger partial charge in [0.05, 0.1) is 18.1 Å². The Balaban J connectivity index is 1.56. The van der Waals surface area contributed by atoms with Gasteiger partial charge in [0, 0.05) is 25.0 Å². The first-order chi connectivity index (χ1) is 11.7. The second-order valence-corrected chi connectivity index (χ2v) is 7.78. The normalized spacial score (nSPS) is 15.2. The summed E-state index contributed by atoms with van der Waals surface area (Å²) in [6.07, 6.45) is 4.57. The molecule has 130 valence electrons. The molecule has 0 unspecified atom stereocenters. The van der Waals surface area contributed by atoms with Crippen molar-refractivity contribution in [2.45, 2.75) is 44.1 Å². The smallest absolute Gasteiger partial charge is 0.275 e. The van der Waals surface area contributed by atoms with Crippen LogP contribution in [0, 0.1) is 0 Å². The Morgan fingerprint density at radius 3 is 3.04 bits per heavy atom. The highest BCUT2D eigenvalue weighted by atomic mass is 32.2. The van der Waals surface area contributed by atoms with Crippen molar-refractivity contribution in [2.75, 3.05) is 12.9 Å². The van der Waals surface area contributed by atoms with E-state index < -0.39 is 0 Å². The van der Waals surface area contributed by atoms with Crippen molar-refractivity contribution in [3.63, 3.8) is 0 Å². The van der Waals surface area contributed by atoms with Crippen LogP contribution >= 0.6 is 23.1 Å². The number of ether oxygens (including phenoxy) is 1. The zero-order valence-electron chi connectivity index (χ0n) is 13.5. The van der Waals surface area contributed by atoms with Crippen molar-refractivity contribution in [3.05, 3.63) is 27.1 Å². The summed E-state index contributed by atoms with van der Waals surface area (Å²) in [7, 11) is 1.58. The van der Waals surface area contributed by atoms with Gasteiger partial charge >= 0.3 is 0 Å². The topological polar surface area (TPSA) is 85.6 Å². The number of rotatable bonds is 7. The van der Waals surface area contributed by atoms with Gasteiger partial charge in [-0.3, -0.25) is 9.59 Å². The Morgan fingerprint density at radius 2 is 2.29 bits per heavy atom. The number of hydrogen-bond donors (Lipinski definition) is 1. The van der Waals surface area contributed by atoms with E-state index in [1.54, 1.807) is 7.11 Å². The lowest BCUT2D eigenvalue weighted by atomic mass is 10.2. The maximum Gasteiger partial charge on any atom is 0.275 e. The molecule has 0 spiro atoms. The lowest BCUT2D eigenvalue weighted by Crippen LogP contribution is -2.33. The summed E-state index contributed by atoms with van der Waals surface area (Å²) in [4.78, 5) is 29.0. The summed E-state index contributed by atoms with van der Waals surface area (Å²) in [6, 6.07) is 1.82. The Labute approximate surface area is 147 Å². The largest absolute Gasteiger partial charge is 0.377 e. The molecule has 2 heterocycles. The van der Waals surface area contributed by atoms with Crippen LogP contribution < -0.4 is 10.9 Å². The summed E-state index contributed by atoms with van der Waals surface area (Å²) in [5, 5.41) is 7.94. The van der Waals surface area contributed by atoms with Crippen molar-refractivity contribution in [1.82, 2.24) is 19.9 Å². The summed E-state index contributed by atoms with van der Waals surface area (Å²) < 4.78 is 6.32. The van der Waals surface area contributed by atoms with Crippen molar-refractivity contribution >= 4 is 34.0 Å². The molecular weight excluding hydrogens is 348 g/mol. The van der Waals surface area contributed by atoms with Gasteiger partial charge in [-0.05, 0) is 12.8 Å². The Morgan fingerprint density at radius 1 is 1.50 bits per heavy atom. The Bertz CT molecular complexity index is 768. The van der Waals surface area contributed by atoms with Gasteiger partial charge in [0.25, 0.3) is 5.56 Å². The first-order valence-electron chi connectivity index (χ1n) is 7.90. The molecule has 0 atom stereocenters. The average Bonchev–Trinajstić information content (AvgIpc) is 3.17. The van der Waals surface area contributed by atoms with Crippen LogP contribution in [-0.4, -0.2) is 39.4 Å². The van der Waals surface area contributed by atoms with Gasteiger partial charge in [-0.2, -0.15) is 9.61 Å². The molecule has 3 rings (SSSR count). The van der Waals surface area contributed by atoms with Gasteiger partial charge in [0.15, 0.2) is 0 Å². The number of carbonyl (C=O) groups is 1. The van der Waals surface area contributed by atoms with Gasteiger partial charge in [-0.25, -0.2) is 4.98 Å². The Kier molecular flexibility index (Phi) is 5.85. The molecule has 1 N–H and O–H groups in total. The lowest BCUT2D eigenvalue weighted by molar-refractivity contribution is -0.119. The van der Waals surface area contributed by atoms with Crippen LogP contribution in [0.25, 0.3) is 4.96 Å². The predicted molar refractivity (Wildman–Crippen MR) is 94.4 cm³/mol. The van der Waals surface area contributed by atoms with Crippen LogP contribution in [0.1, 0.15) is 36.4 Å². The fourth-order valence-electron chi connectivity index (χ4n) is 2.74. The van der Waals surface area contributed by atoms with Gasteiger partial charge < -0.3 is 10.1 Å². The Hall–Kier alpha value is -1.45.